The SMILES string of the molecule is Fc1cc(C2CCC(CCBr)CC2)cc(F)c1C(F)(F)F. The Hall–Kier alpha value is -0.650. The van der Waals surface area contributed by atoms with Crippen LogP contribution in [-0.2, 0) is 6.18 Å². The first-order valence-corrected chi connectivity index (χ1v) is 8.07. The molecule has 0 bridgehead atoms. The van der Waals surface area contributed by atoms with Crippen molar-refractivity contribution in [2.75, 3.05) is 5.33 Å². The predicted octanol–water partition coefficient (Wildman–Crippen LogP) is 6.04. The van der Waals surface area contributed by atoms with Crippen molar-refractivity contribution in [2.24, 2.45) is 5.92 Å². The molecular formula is C15H16BrF5. The summed E-state index contributed by atoms with van der Waals surface area (Å²) in [5.74, 6) is -2.49. The topological polar surface area (TPSA) is 0 Å². The van der Waals surface area contributed by atoms with Gasteiger partial charge in [-0.1, -0.05) is 15.9 Å². The van der Waals surface area contributed by atoms with Crippen molar-refractivity contribution in [1.29, 1.82) is 0 Å². The minimum Gasteiger partial charge on any atom is -0.206 e. The lowest BCUT2D eigenvalue weighted by molar-refractivity contribution is -0.142. The van der Waals surface area contributed by atoms with Gasteiger partial charge in [0.2, 0.25) is 0 Å². The first-order chi connectivity index (χ1) is 9.82. The third-order valence-corrected chi connectivity index (χ3v) is 4.64. The first kappa shape index (κ1) is 16.7. The lowest BCUT2D eigenvalue weighted by atomic mass is 9.77. The van der Waals surface area contributed by atoms with Crippen molar-refractivity contribution < 1.29 is 22.0 Å². The van der Waals surface area contributed by atoms with Crippen LogP contribution in [0.4, 0.5) is 22.0 Å². The summed E-state index contributed by atoms with van der Waals surface area (Å²) in [6.45, 7) is 0. The summed E-state index contributed by atoms with van der Waals surface area (Å²) in [6, 6.07) is 1.70. The standard InChI is InChI=1S/C15H16BrF5/c16-6-5-9-1-3-10(4-2-9)11-7-12(17)14(13(18)8-11)15(19,20)21/h7-10H,1-6H2. The molecule has 0 aromatic heterocycles. The molecule has 1 aromatic carbocycles. The smallest absolute Gasteiger partial charge is 0.206 e. The fraction of sp³-hybridized carbons (Fsp3) is 0.600. The highest BCUT2D eigenvalue weighted by atomic mass is 79.9. The molecule has 1 aliphatic carbocycles. The highest BCUT2D eigenvalue weighted by Crippen LogP contribution is 2.40. The molecule has 0 nitrogen and oxygen atoms in total. The third kappa shape index (κ3) is 3.96. The largest absolute Gasteiger partial charge is 0.422 e. The van der Waals surface area contributed by atoms with Crippen molar-refractivity contribution in [3.63, 3.8) is 0 Å². The Morgan fingerprint density at radius 1 is 1.00 bits per heavy atom. The van der Waals surface area contributed by atoms with Crippen LogP contribution in [0.5, 0.6) is 0 Å². The van der Waals surface area contributed by atoms with E-state index in [1.165, 1.54) is 0 Å². The van der Waals surface area contributed by atoms with Gasteiger partial charge in [-0.15, -0.1) is 0 Å². The number of benzene rings is 1. The van der Waals surface area contributed by atoms with E-state index >= 15 is 0 Å². The van der Waals surface area contributed by atoms with E-state index in [4.69, 9.17) is 0 Å². The number of hydrogen-bond acceptors (Lipinski definition) is 0. The quantitative estimate of drug-likeness (QED) is 0.449. The Morgan fingerprint density at radius 3 is 1.95 bits per heavy atom. The minimum absolute atomic E-state index is 0.0529. The second-order valence-electron chi connectivity index (χ2n) is 5.55. The van der Waals surface area contributed by atoms with Gasteiger partial charge in [-0.3, -0.25) is 0 Å². The van der Waals surface area contributed by atoms with E-state index in [-0.39, 0.29) is 5.92 Å². The van der Waals surface area contributed by atoms with Gasteiger partial charge in [0.15, 0.2) is 0 Å². The molecule has 1 fully saturated rings. The average molecular weight is 371 g/mol. The number of hydrogen-bond donors (Lipinski definition) is 0. The molecule has 1 aliphatic rings. The van der Waals surface area contributed by atoms with E-state index < -0.39 is 23.4 Å². The lowest BCUT2D eigenvalue weighted by Crippen LogP contribution is -2.16. The summed E-state index contributed by atoms with van der Waals surface area (Å²) < 4.78 is 64.8. The first-order valence-electron chi connectivity index (χ1n) is 6.95. The van der Waals surface area contributed by atoms with Crippen molar-refractivity contribution in [2.45, 2.75) is 44.2 Å². The van der Waals surface area contributed by atoms with Crippen LogP contribution >= 0.6 is 15.9 Å². The molecule has 118 valence electrons. The van der Waals surface area contributed by atoms with Crippen LogP contribution in [-0.4, -0.2) is 5.33 Å². The average Bonchev–Trinajstić information content (AvgIpc) is 2.37. The maximum atomic E-state index is 13.6. The lowest BCUT2D eigenvalue weighted by Gasteiger charge is -2.28. The molecule has 0 spiro atoms. The van der Waals surface area contributed by atoms with Crippen molar-refractivity contribution >= 4 is 15.9 Å². The Labute approximate surface area is 128 Å². The zero-order chi connectivity index (χ0) is 15.6. The molecule has 0 saturated heterocycles. The van der Waals surface area contributed by atoms with Crippen molar-refractivity contribution in [1.82, 2.24) is 0 Å². The van der Waals surface area contributed by atoms with E-state index in [9.17, 15) is 22.0 Å². The summed E-state index contributed by atoms with van der Waals surface area (Å²) in [5, 5.41) is 0.922. The van der Waals surface area contributed by atoms with E-state index in [0.717, 1.165) is 49.6 Å². The van der Waals surface area contributed by atoms with Crippen LogP contribution in [0.25, 0.3) is 0 Å². The molecular weight excluding hydrogens is 355 g/mol. The Kier molecular flexibility index (Phi) is 5.28. The fourth-order valence-corrected chi connectivity index (χ4v) is 3.69. The molecule has 0 amide bonds. The number of rotatable bonds is 3. The summed E-state index contributed by atoms with van der Waals surface area (Å²) in [5.41, 5.74) is -1.45. The maximum Gasteiger partial charge on any atom is 0.422 e. The monoisotopic (exact) mass is 370 g/mol. The maximum absolute atomic E-state index is 13.6. The van der Waals surface area contributed by atoms with E-state index in [0.29, 0.717) is 11.5 Å². The molecule has 0 aliphatic heterocycles. The van der Waals surface area contributed by atoms with Crippen LogP contribution < -0.4 is 0 Å². The minimum atomic E-state index is -5.00. The molecule has 21 heavy (non-hydrogen) atoms. The van der Waals surface area contributed by atoms with E-state index in [2.05, 4.69) is 15.9 Å². The van der Waals surface area contributed by atoms with E-state index in [1.807, 2.05) is 0 Å². The van der Waals surface area contributed by atoms with Gasteiger partial charge >= 0.3 is 6.18 Å². The van der Waals surface area contributed by atoms with Crippen LogP contribution in [0.15, 0.2) is 12.1 Å². The molecule has 0 heterocycles. The zero-order valence-corrected chi connectivity index (χ0v) is 12.9. The molecule has 1 saturated carbocycles. The van der Waals surface area contributed by atoms with Crippen LogP contribution in [0, 0.1) is 17.6 Å². The zero-order valence-electron chi connectivity index (χ0n) is 11.3. The summed E-state index contributed by atoms with van der Waals surface area (Å²) in [7, 11) is 0. The van der Waals surface area contributed by atoms with Crippen molar-refractivity contribution in [3.8, 4) is 0 Å². The summed E-state index contributed by atoms with van der Waals surface area (Å²) >= 11 is 3.38. The van der Waals surface area contributed by atoms with Crippen molar-refractivity contribution in [3.05, 3.63) is 34.9 Å². The number of alkyl halides is 4. The molecule has 1 aromatic rings. The molecule has 2 rings (SSSR count). The summed E-state index contributed by atoms with van der Waals surface area (Å²) in [4.78, 5) is 0. The molecule has 0 N–H and O–H groups in total. The number of halogens is 6. The van der Waals surface area contributed by atoms with Gasteiger partial charge in [-0.25, -0.2) is 8.78 Å². The van der Waals surface area contributed by atoms with Gasteiger partial charge in [0.1, 0.15) is 17.2 Å². The Bertz CT molecular complexity index is 466. The molecule has 0 radical (unpaired) electrons. The Morgan fingerprint density at radius 2 is 1.52 bits per heavy atom. The van der Waals surface area contributed by atoms with Gasteiger partial charge in [0, 0.05) is 5.33 Å². The highest BCUT2D eigenvalue weighted by Gasteiger charge is 2.38. The van der Waals surface area contributed by atoms with E-state index in [1.54, 1.807) is 0 Å². The van der Waals surface area contributed by atoms with Crippen LogP contribution in [0.1, 0.15) is 49.1 Å². The normalized spacial score (nSPS) is 23.3. The highest BCUT2D eigenvalue weighted by molar-refractivity contribution is 9.09. The van der Waals surface area contributed by atoms with Gasteiger partial charge in [0.25, 0.3) is 0 Å². The van der Waals surface area contributed by atoms with Gasteiger partial charge in [-0.05, 0) is 61.6 Å². The Balaban J connectivity index is 2.16. The molecule has 0 unspecified atom stereocenters. The molecule has 6 heteroatoms. The van der Waals surface area contributed by atoms with Gasteiger partial charge in [0.05, 0.1) is 0 Å². The second kappa shape index (κ2) is 6.63. The molecule has 0 atom stereocenters. The van der Waals surface area contributed by atoms with Gasteiger partial charge < -0.3 is 0 Å². The van der Waals surface area contributed by atoms with Crippen LogP contribution in [0.3, 0.4) is 0 Å². The third-order valence-electron chi connectivity index (χ3n) is 4.18. The van der Waals surface area contributed by atoms with Gasteiger partial charge in [-0.2, -0.15) is 13.2 Å². The summed E-state index contributed by atoms with van der Waals surface area (Å²) in [6.07, 6.45) is -0.520. The predicted molar refractivity (Wildman–Crippen MR) is 74.5 cm³/mol. The van der Waals surface area contributed by atoms with Crippen LogP contribution in [0.2, 0.25) is 0 Å². The second-order valence-corrected chi connectivity index (χ2v) is 6.35. The fourth-order valence-electron chi connectivity index (χ4n) is 3.04.